The molecule has 20 heavy (non-hydrogen) atoms. The summed E-state index contributed by atoms with van der Waals surface area (Å²) in [6, 6.07) is 13.7. The van der Waals surface area contributed by atoms with Crippen LogP contribution in [-0.4, -0.2) is 9.97 Å². The van der Waals surface area contributed by atoms with Crippen LogP contribution in [0.2, 0.25) is 5.02 Å². The maximum atomic E-state index is 5.93. The number of nitrogens with zero attached hydrogens (tertiary/aromatic N) is 2. The first-order chi connectivity index (χ1) is 9.78. The van der Waals surface area contributed by atoms with Crippen molar-refractivity contribution in [3.8, 4) is 0 Å². The Morgan fingerprint density at radius 3 is 3.00 bits per heavy atom. The molecule has 0 spiro atoms. The molecular formula is C14H8ClN3OS. The highest BCUT2D eigenvalue weighted by Crippen LogP contribution is 2.23. The predicted molar refractivity (Wildman–Crippen MR) is 80.4 cm³/mol. The minimum absolute atomic E-state index is 0.324. The van der Waals surface area contributed by atoms with Crippen molar-refractivity contribution in [3.63, 3.8) is 0 Å². The van der Waals surface area contributed by atoms with E-state index >= 15 is 0 Å². The number of nitrogens with one attached hydrogen (secondary N) is 1. The van der Waals surface area contributed by atoms with Crippen molar-refractivity contribution < 1.29 is 4.42 Å². The first-order valence-electron chi connectivity index (χ1n) is 5.97. The zero-order valence-electron chi connectivity index (χ0n) is 10.1. The molecule has 0 atom stereocenters. The van der Waals surface area contributed by atoms with Crippen LogP contribution in [0.15, 0.2) is 51.9 Å². The van der Waals surface area contributed by atoms with E-state index in [4.69, 9.17) is 16.0 Å². The minimum Gasteiger partial charge on any atom is -0.422 e. The molecule has 4 aromatic rings. The Balaban J connectivity index is 1.88. The van der Waals surface area contributed by atoms with E-state index < -0.39 is 0 Å². The highest BCUT2D eigenvalue weighted by Gasteiger charge is 2.05. The smallest absolute Gasteiger partial charge is 0.325 e. The number of rotatable bonds is 1. The minimum atomic E-state index is 0.324. The number of hydrogen-bond donors (Lipinski definition) is 1. The second-order valence-electron chi connectivity index (χ2n) is 4.25. The lowest BCUT2D eigenvalue weighted by atomic mass is 10.3. The average Bonchev–Trinajstić information content (AvgIpc) is 3.00. The van der Waals surface area contributed by atoms with Crippen molar-refractivity contribution in [1.82, 2.24) is 9.97 Å². The van der Waals surface area contributed by atoms with Crippen molar-refractivity contribution in [3.05, 3.63) is 52.3 Å². The number of hydrogen-bond acceptors (Lipinski definition) is 4. The summed E-state index contributed by atoms with van der Waals surface area (Å²) in [4.78, 5) is 12.7. The van der Waals surface area contributed by atoms with E-state index in [1.165, 1.54) is 0 Å². The summed E-state index contributed by atoms with van der Waals surface area (Å²) in [5.41, 5.74) is 2.43. The summed E-state index contributed by atoms with van der Waals surface area (Å²) in [7, 11) is 0. The largest absolute Gasteiger partial charge is 0.422 e. The number of aromatic nitrogens is 2. The predicted octanol–water partition coefficient (Wildman–Crippen LogP) is 4.26. The Bertz CT molecular complexity index is 947. The molecule has 2 aromatic heterocycles. The number of H-pyrrole nitrogens is 1. The standard InChI is InChI=1S/C14H8ClN3OS/c15-8-5-6-11-10(7-8)16-13(19-11)18-14-17-9-3-1-2-4-12(9)20-14/h1-7H,(H,16,17,18). The number of fused-ring (bicyclic) bond motifs is 2. The molecule has 0 bridgehead atoms. The molecule has 4 nitrogen and oxygen atoms in total. The molecule has 2 aromatic carbocycles. The van der Waals surface area contributed by atoms with Gasteiger partial charge in [-0.15, -0.1) is 0 Å². The fourth-order valence-corrected chi connectivity index (χ4v) is 3.01. The number of para-hydroxylation sites is 1. The summed E-state index contributed by atoms with van der Waals surface area (Å²) < 4.78 is 6.72. The Morgan fingerprint density at radius 1 is 1.20 bits per heavy atom. The van der Waals surface area contributed by atoms with Gasteiger partial charge in [0.25, 0.3) is 0 Å². The molecule has 0 radical (unpaired) electrons. The number of benzene rings is 2. The molecule has 0 saturated carbocycles. The van der Waals surface area contributed by atoms with Crippen LogP contribution in [0.1, 0.15) is 0 Å². The molecule has 0 unspecified atom stereocenters. The lowest BCUT2D eigenvalue weighted by Crippen LogP contribution is -1.94. The summed E-state index contributed by atoms with van der Waals surface area (Å²) in [6.45, 7) is 0. The SMILES string of the molecule is Clc1ccc2oc(N=c3[nH]c4ccccc4s3)nc2c1. The Morgan fingerprint density at radius 2 is 2.10 bits per heavy atom. The third-order valence-corrected chi connectivity index (χ3v) is 4.07. The zero-order chi connectivity index (χ0) is 13.5. The maximum Gasteiger partial charge on any atom is 0.325 e. The second kappa shape index (κ2) is 4.47. The van der Waals surface area contributed by atoms with Crippen molar-refractivity contribution in [2.45, 2.75) is 0 Å². The lowest BCUT2D eigenvalue weighted by Gasteiger charge is -1.85. The third-order valence-electron chi connectivity index (χ3n) is 2.87. The summed E-state index contributed by atoms with van der Waals surface area (Å²) in [5.74, 6) is 0. The van der Waals surface area contributed by atoms with Crippen LogP contribution in [0.4, 0.5) is 6.01 Å². The Hall–Kier alpha value is -2.11. The highest BCUT2D eigenvalue weighted by atomic mass is 35.5. The Kier molecular flexibility index (Phi) is 2.61. The van der Waals surface area contributed by atoms with E-state index in [0.717, 1.165) is 15.0 Å². The van der Waals surface area contributed by atoms with Gasteiger partial charge in [-0.2, -0.15) is 9.98 Å². The molecule has 6 heteroatoms. The topological polar surface area (TPSA) is 54.2 Å². The molecule has 0 amide bonds. The monoisotopic (exact) mass is 301 g/mol. The third kappa shape index (κ3) is 2.01. The number of halogens is 1. The molecule has 0 saturated heterocycles. The van der Waals surface area contributed by atoms with E-state index in [9.17, 15) is 0 Å². The molecule has 4 rings (SSSR count). The molecular weight excluding hydrogens is 294 g/mol. The quantitative estimate of drug-likeness (QED) is 0.571. The van der Waals surface area contributed by atoms with Crippen LogP contribution in [0, 0.1) is 0 Å². The molecule has 0 fully saturated rings. The van der Waals surface area contributed by atoms with Gasteiger partial charge in [0.15, 0.2) is 10.4 Å². The summed E-state index contributed by atoms with van der Waals surface area (Å²) >= 11 is 7.48. The number of oxazole rings is 1. The molecule has 98 valence electrons. The molecule has 0 aliphatic carbocycles. The van der Waals surface area contributed by atoms with Gasteiger partial charge in [0.2, 0.25) is 0 Å². The van der Waals surface area contributed by atoms with Gasteiger partial charge >= 0.3 is 6.01 Å². The van der Waals surface area contributed by atoms with Gasteiger partial charge < -0.3 is 9.40 Å². The average molecular weight is 302 g/mol. The van der Waals surface area contributed by atoms with Crippen LogP contribution >= 0.6 is 22.9 Å². The molecule has 2 heterocycles. The van der Waals surface area contributed by atoms with Crippen LogP contribution in [-0.2, 0) is 0 Å². The van der Waals surface area contributed by atoms with Gasteiger partial charge in [0.1, 0.15) is 5.52 Å². The maximum absolute atomic E-state index is 5.93. The number of thiazole rings is 1. The second-order valence-corrected chi connectivity index (χ2v) is 5.72. The number of aromatic amines is 1. The normalized spacial score (nSPS) is 12.6. The van der Waals surface area contributed by atoms with Crippen molar-refractivity contribution >= 4 is 50.3 Å². The van der Waals surface area contributed by atoms with Gasteiger partial charge in [0.05, 0.1) is 10.2 Å². The lowest BCUT2D eigenvalue weighted by molar-refractivity contribution is 0.610. The van der Waals surface area contributed by atoms with E-state index in [0.29, 0.717) is 22.1 Å². The van der Waals surface area contributed by atoms with Gasteiger partial charge in [-0.25, -0.2) is 0 Å². The van der Waals surface area contributed by atoms with Crippen LogP contribution in [0.25, 0.3) is 21.3 Å². The molecule has 0 aliphatic rings. The van der Waals surface area contributed by atoms with Gasteiger partial charge in [-0.1, -0.05) is 35.1 Å². The van der Waals surface area contributed by atoms with Crippen molar-refractivity contribution in [1.29, 1.82) is 0 Å². The fourth-order valence-electron chi connectivity index (χ4n) is 1.98. The van der Waals surface area contributed by atoms with Crippen LogP contribution in [0.5, 0.6) is 0 Å². The first-order valence-corrected chi connectivity index (χ1v) is 7.16. The van der Waals surface area contributed by atoms with E-state index in [2.05, 4.69) is 15.0 Å². The molecule has 1 N–H and O–H groups in total. The Labute approximate surface area is 122 Å². The van der Waals surface area contributed by atoms with Crippen molar-refractivity contribution in [2.75, 3.05) is 0 Å². The van der Waals surface area contributed by atoms with Crippen molar-refractivity contribution in [2.24, 2.45) is 4.99 Å². The molecule has 0 aliphatic heterocycles. The van der Waals surface area contributed by atoms with Crippen LogP contribution in [0.3, 0.4) is 0 Å². The highest BCUT2D eigenvalue weighted by molar-refractivity contribution is 7.16. The summed E-state index contributed by atoms with van der Waals surface area (Å²) in [6.07, 6.45) is 0. The van der Waals surface area contributed by atoms with E-state index in [-0.39, 0.29) is 0 Å². The van der Waals surface area contributed by atoms with Gasteiger partial charge in [-0.3, -0.25) is 0 Å². The van der Waals surface area contributed by atoms with E-state index in [1.54, 1.807) is 29.5 Å². The first kappa shape index (κ1) is 11.7. The summed E-state index contributed by atoms with van der Waals surface area (Å²) in [5, 5.41) is 0.630. The fraction of sp³-hybridized carbons (Fsp3) is 0. The van der Waals surface area contributed by atoms with E-state index in [1.807, 2.05) is 24.3 Å². The zero-order valence-corrected chi connectivity index (χ0v) is 11.7. The van der Waals surface area contributed by atoms with Gasteiger partial charge in [-0.05, 0) is 30.3 Å². The van der Waals surface area contributed by atoms with Gasteiger partial charge in [0, 0.05) is 5.02 Å². The van der Waals surface area contributed by atoms with Crippen LogP contribution < -0.4 is 4.80 Å².